The maximum atomic E-state index is 14.2. The second kappa shape index (κ2) is 5.27. The van der Waals surface area contributed by atoms with Crippen LogP contribution in [0.1, 0.15) is 26.3 Å². The van der Waals surface area contributed by atoms with E-state index in [1.54, 1.807) is 0 Å². The maximum absolute atomic E-state index is 14.2. The molecule has 0 bridgehead atoms. The highest BCUT2D eigenvalue weighted by Crippen LogP contribution is 2.41. The first-order valence-electron chi connectivity index (χ1n) is 6.37. The molecule has 1 heterocycles. The average molecular weight is 362 g/mol. The zero-order valence-electron chi connectivity index (χ0n) is 11.4. The van der Waals surface area contributed by atoms with E-state index >= 15 is 0 Å². The van der Waals surface area contributed by atoms with Gasteiger partial charge in [-0.05, 0) is 18.2 Å². The van der Waals surface area contributed by atoms with E-state index in [2.05, 4.69) is 0 Å². The molecule has 1 aliphatic rings. The van der Waals surface area contributed by atoms with Crippen molar-refractivity contribution >= 4 is 29.1 Å². The van der Waals surface area contributed by atoms with Gasteiger partial charge in [-0.3, -0.25) is 9.59 Å². The van der Waals surface area contributed by atoms with Gasteiger partial charge in [0.15, 0.2) is 11.6 Å². The smallest absolute Gasteiger partial charge is 0.268 e. The predicted octanol–water partition coefficient (Wildman–Crippen LogP) is 4.44. The first kappa shape index (κ1) is 16.4. The highest BCUT2D eigenvalue weighted by molar-refractivity contribution is 6.39. The number of carbonyl (C=O) groups is 2. The molecule has 0 saturated carbocycles. The molecule has 124 valence electrons. The predicted molar refractivity (Wildman–Crippen MR) is 74.0 cm³/mol. The number of hydrogen-bond donors (Lipinski definition) is 0. The molecule has 3 rings (SSSR count). The van der Waals surface area contributed by atoms with E-state index in [9.17, 15) is 31.5 Å². The minimum absolute atomic E-state index is 0.0849. The summed E-state index contributed by atoms with van der Waals surface area (Å²) >= 11 is 5.61. The molecule has 0 N–H and O–H groups in total. The average Bonchev–Trinajstić information content (AvgIpc) is 2.76. The first-order valence-corrected chi connectivity index (χ1v) is 6.75. The monoisotopic (exact) mass is 361 g/mol. The Labute approximate surface area is 136 Å². The van der Waals surface area contributed by atoms with Gasteiger partial charge < -0.3 is 0 Å². The Kier molecular flexibility index (Phi) is 3.60. The third-order valence-electron chi connectivity index (χ3n) is 3.46. The fourth-order valence-corrected chi connectivity index (χ4v) is 2.67. The Morgan fingerprint density at radius 3 is 1.88 bits per heavy atom. The lowest BCUT2D eigenvalue weighted by Gasteiger charge is -2.19. The molecule has 0 aliphatic carbocycles. The molecule has 0 spiro atoms. The van der Waals surface area contributed by atoms with Crippen molar-refractivity contribution in [2.45, 2.75) is 6.18 Å². The molecule has 24 heavy (non-hydrogen) atoms. The fourth-order valence-electron chi connectivity index (χ4n) is 2.39. The molecule has 0 atom stereocenters. The van der Waals surface area contributed by atoms with Crippen molar-refractivity contribution in [3.05, 3.63) is 63.7 Å². The SMILES string of the molecule is O=C1c2ccccc2C(=O)N1c1c(Cl)cc(C(F)(F)F)c(F)c1F. The van der Waals surface area contributed by atoms with Gasteiger partial charge in [0.05, 0.1) is 21.7 Å². The van der Waals surface area contributed by atoms with Crippen LogP contribution in [-0.2, 0) is 6.18 Å². The summed E-state index contributed by atoms with van der Waals surface area (Å²) in [6.07, 6.45) is -5.19. The van der Waals surface area contributed by atoms with Crippen LogP contribution in [0.25, 0.3) is 0 Å². The van der Waals surface area contributed by atoms with Crippen LogP contribution in [0.4, 0.5) is 27.6 Å². The van der Waals surface area contributed by atoms with Crippen molar-refractivity contribution < 1.29 is 31.5 Å². The van der Waals surface area contributed by atoms with Gasteiger partial charge in [0.1, 0.15) is 5.69 Å². The molecule has 2 aromatic carbocycles. The summed E-state index contributed by atoms with van der Waals surface area (Å²) in [5, 5.41) is -0.907. The molecule has 0 fully saturated rings. The molecule has 0 unspecified atom stereocenters. The number of halogens is 6. The van der Waals surface area contributed by atoms with Crippen LogP contribution in [0.5, 0.6) is 0 Å². The first-order chi connectivity index (χ1) is 11.1. The largest absolute Gasteiger partial charge is 0.419 e. The van der Waals surface area contributed by atoms with E-state index < -0.39 is 45.9 Å². The van der Waals surface area contributed by atoms with Crippen LogP contribution in [0.15, 0.2) is 30.3 Å². The lowest BCUT2D eigenvalue weighted by atomic mass is 10.1. The molecule has 1 aliphatic heterocycles. The molecular weight excluding hydrogens is 357 g/mol. The quantitative estimate of drug-likeness (QED) is 0.428. The topological polar surface area (TPSA) is 37.4 Å². The van der Waals surface area contributed by atoms with Gasteiger partial charge in [0.25, 0.3) is 11.8 Å². The van der Waals surface area contributed by atoms with Crippen molar-refractivity contribution in [1.82, 2.24) is 0 Å². The van der Waals surface area contributed by atoms with Gasteiger partial charge in [-0.2, -0.15) is 13.2 Å². The van der Waals surface area contributed by atoms with Crippen LogP contribution in [0, 0.1) is 11.6 Å². The maximum Gasteiger partial charge on any atom is 0.419 e. The summed E-state index contributed by atoms with van der Waals surface area (Å²) in [5.41, 5.74) is -3.14. The standard InChI is InChI=1S/C15H5ClF5NO2/c16-9-5-8(15(19,20)21)10(17)11(18)12(9)22-13(23)6-3-1-2-4-7(6)14(22)24/h1-5H. The van der Waals surface area contributed by atoms with Crippen molar-refractivity contribution in [1.29, 1.82) is 0 Å². The highest BCUT2D eigenvalue weighted by atomic mass is 35.5. The number of amides is 2. The van der Waals surface area contributed by atoms with Crippen molar-refractivity contribution in [2.24, 2.45) is 0 Å². The highest BCUT2D eigenvalue weighted by Gasteiger charge is 2.43. The number of fused-ring (bicyclic) bond motifs is 1. The third kappa shape index (κ3) is 2.25. The van der Waals surface area contributed by atoms with Gasteiger partial charge >= 0.3 is 6.18 Å². The van der Waals surface area contributed by atoms with E-state index in [0.717, 1.165) is 0 Å². The number of imide groups is 1. The Morgan fingerprint density at radius 2 is 1.42 bits per heavy atom. The fraction of sp³-hybridized carbons (Fsp3) is 0.0667. The second-order valence-corrected chi connectivity index (χ2v) is 5.28. The lowest BCUT2D eigenvalue weighted by Crippen LogP contribution is -2.31. The van der Waals surface area contributed by atoms with Gasteiger partial charge in [-0.25, -0.2) is 13.7 Å². The summed E-state index contributed by atoms with van der Waals surface area (Å²) in [6.45, 7) is 0. The number of nitrogens with zero attached hydrogens (tertiary/aromatic N) is 1. The van der Waals surface area contributed by atoms with Crippen LogP contribution in [0.3, 0.4) is 0 Å². The number of carbonyl (C=O) groups excluding carboxylic acids is 2. The van der Waals surface area contributed by atoms with Crippen LogP contribution < -0.4 is 4.90 Å². The molecule has 0 radical (unpaired) electrons. The van der Waals surface area contributed by atoms with Crippen molar-refractivity contribution in [3.63, 3.8) is 0 Å². The number of rotatable bonds is 1. The van der Waals surface area contributed by atoms with E-state index in [-0.39, 0.29) is 22.1 Å². The summed E-state index contributed by atoms with van der Waals surface area (Å²) in [5.74, 6) is -6.27. The summed E-state index contributed by atoms with van der Waals surface area (Å²) in [7, 11) is 0. The number of hydrogen-bond acceptors (Lipinski definition) is 2. The Balaban J connectivity index is 2.21. The third-order valence-corrected chi connectivity index (χ3v) is 3.75. The summed E-state index contributed by atoms with van der Waals surface area (Å²) in [6, 6.07) is 5.58. The van der Waals surface area contributed by atoms with E-state index in [1.165, 1.54) is 24.3 Å². The molecule has 2 aromatic rings. The van der Waals surface area contributed by atoms with E-state index in [0.29, 0.717) is 0 Å². The molecule has 0 saturated heterocycles. The van der Waals surface area contributed by atoms with Gasteiger partial charge in [0.2, 0.25) is 0 Å². The Hall–Kier alpha value is -2.48. The van der Waals surface area contributed by atoms with E-state index in [4.69, 9.17) is 11.6 Å². The zero-order chi connectivity index (χ0) is 17.8. The van der Waals surface area contributed by atoms with Crippen LogP contribution >= 0.6 is 11.6 Å². The zero-order valence-corrected chi connectivity index (χ0v) is 12.2. The van der Waals surface area contributed by atoms with E-state index in [1.807, 2.05) is 0 Å². The normalized spacial score (nSPS) is 14.3. The van der Waals surface area contributed by atoms with Gasteiger partial charge in [-0.1, -0.05) is 23.7 Å². The Bertz CT molecular complexity index is 859. The summed E-state index contributed by atoms with van der Waals surface area (Å²) < 4.78 is 66.0. The van der Waals surface area contributed by atoms with Gasteiger partial charge in [-0.15, -0.1) is 0 Å². The lowest BCUT2D eigenvalue weighted by molar-refractivity contribution is -0.140. The molecule has 3 nitrogen and oxygen atoms in total. The van der Waals surface area contributed by atoms with Crippen molar-refractivity contribution in [2.75, 3.05) is 4.90 Å². The second-order valence-electron chi connectivity index (χ2n) is 4.87. The minimum atomic E-state index is -5.19. The van der Waals surface area contributed by atoms with Crippen LogP contribution in [0.2, 0.25) is 5.02 Å². The van der Waals surface area contributed by atoms with Gasteiger partial charge in [0, 0.05) is 0 Å². The van der Waals surface area contributed by atoms with Crippen LogP contribution in [-0.4, -0.2) is 11.8 Å². The number of anilines is 1. The summed E-state index contributed by atoms with van der Waals surface area (Å²) in [4.78, 5) is 24.7. The number of benzene rings is 2. The molecule has 2 amide bonds. The number of alkyl halides is 3. The van der Waals surface area contributed by atoms with Crippen molar-refractivity contribution in [3.8, 4) is 0 Å². The Morgan fingerprint density at radius 1 is 0.917 bits per heavy atom. The molecular formula is C15H5ClF5NO2. The minimum Gasteiger partial charge on any atom is -0.268 e. The molecule has 0 aromatic heterocycles. The molecule has 9 heteroatoms.